The summed E-state index contributed by atoms with van der Waals surface area (Å²) >= 11 is 0. The van der Waals surface area contributed by atoms with Crippen LogP contribution in [0.4, 0.5) is 23.0 Å². The Balaban J connectivity index is 1.41. The Labute approximate surface area is 198 Å². The zero-order chi connectivity index (χ0) is 23.3. The molecule has 34 heavy (non-hydrogen) atoms. The van der Waals surface area contributed by atoms with Gasteiger partial charge >= 0.3 is 0 Å². The van der Waals surface area contributed by atoms with Crippen molar-refractivity contribution in [3.05, 3.63) is 72.9 Å². The molecule has 0 spiro atoms. The molecule has 1 amide bonds. The van der Waals surface area contributed by atoms with Gasteiger partial charge in [-0.25, -0.2) is 9.97 Å². The summed E-state index contributed by atoms with van der Waals surface area (Å²) in [6, 6.07) is 21.8. The first-order valence-electron chi connectivity index (χ1n) is 11.2. The third kappa shape index (κ3) is 4.68. The van der Waals surface area contributed by atoms with Gasteiger partial charge in [0.1, 0.15) is 0 Å². The van der Waals surface area contributed by atoms with Crippen molar-refractivity contribution < 1.29 is 4.79 Å². The van der Waals surface area contributed by atoms with Crippen LogP contribution in [0.5, 0.6) is 0 Å². The molecule has 168 valence electrons. The Bertz CT molecular complexity index is 1370. The molecule has 1 fully saturated rings. The maximum Gasteiger partial charge on any atom is 0.300 e. The standard InChI is InChI=1S/C27H24N6O/c1-2-25(34)30-22-7-3-5-19(17-22)24-8-4-6-20-18-29-27(32-26(20)24)31-21-9-11-23(12-10-21)33-15-13-28-14-16-33/h1,3-12,17-18,28H,13-16H2,(H,30,34)(H,29,31,32). The number of carbonyl (C=O) groups excluding carboxylic acids is 1. The topological polar surface area (TPSA) is 82.2 Å². The first kappa shape index (κ1) is 21.4. The number of amides is 1. The van der Waals surface area contributed by atoms with Crippen LogP contribution in [-0.4, -0.2) is 42.1 Å². The molecule has 0 unspecified atom stereocenters. The second kappa shape index (κ2) is 9.61. The van der Waals surface area contributed by atoms with Crippen molar-refractivity contribution in [2.24, 2.45) is 0 Å². The SMILES string of the molecule is C#CC(=O)Nc1cccc(-c2cccc3cnc(Nc4ccc(N5CCNCC5)cc4)nc23)c1. The molecule has 0 aliphatic carbocycles. The van der Waals surface area contributed by atoms with E-state index in [4.69, 9.17) is 11.4 Å². The summed E-state index contributed by atoms with van der Waals surface area (Å²) < 4.78 is 0. The van der Waals surface area contributed by atoms with Crippen molar-refractivity contribution in [2.75, 3.05) is 41.7 Å². The predicted molar refractivity (Wildman–Crippen MR) is 137 cm³/mol. The van der Waals surface area contributed by atoms with E-state index in [9.17, 15) is 4.79 Å². The van der Waals surface area contributed by atoms with Crippen LogP contribution in [0.3, 0.4) is 0 Å². The molecule has 4 aromatic rings. The summed E-state index contributed by atoms with van der Waals surface area (Å²) in [7, 11) is 0. The van der Waals surface area contributed by atoms with Crippen LogP contribution in [0.15, 0.2) is 72.9 Å². The second-order valence-electron chi connectivity index (χ2n) is 8.03. The van der Waals surface area contributed by atoms with E-state index in [1.165, 1.54) is 5.69 Å². The third-order valence-electron chi connectivity index (χ3n) is 5.78. The number of hydrogen-bond acceptors (Lipinski definition) is 6. The highest BCUT2D eigenvalue weighted by atomic mass is 16.1. The fraction of sp³-hybridized carbons (Fsp3) is 0.148. The van der Waals surface area contributed by atoms with E-state index >= 15 is 0 Å². The van der Waals surface area contributed by atoms with E-state index in [1.807, 2.05) is 42.6 Å². The summed E-state index contributed by atoms with van der Waals surface area (Å²) in [5.74, 6) is 2.11. The van der Waals surface area contributed by atoms with E-state index in [0.29, 0.717) is 11.6 Å². The van der Waals surface area contributed by atoms with Gasteiger partial charge in [-0.3, -0.25) is 4.79 Å². The molecule has 2 heterocycles. The van der Waals surface area contributed by atoms with Crippen LogP contribution in [-0.2, 0) is 4.79 Å². The smallest absolute Gasteiger partial charge is 0.300 e. The van der Waals surface area contributed by atoms with Gasteiger partial charge in [0.25, 0.3) is 5.91 Å². The molecule has 3 aromatic carbocycles. The fourth-order valence-electron chi connectivity index (χ4n) is 4.09. The number of terminal acetylenes is 1. The van der Waals surface area contributed by atoms with E-state index in [1.54, 1.807) is 6.07 Å². The Morgan fingerprint density at radius 2 is 1.79 bits per heavy atom. The molecular weight excluding hydrogens is 424 g/mol. The van der Waals surface area contributed by atoms with Crippen LogP contribution in [0.1, 0.15) is 0 Å². The quantitative estimate of drug-likeness (QED) is 0.400. The lowest BCUT2D eigenvalue weighted by Gasteiger charge is -2.29. The van der Waals surface area contributed by atoms with E-state index in [-0.39, 0.29) is 0 Å². The maximum absolute atomic E-state index is 11.6. The Morgan fingerprint density at radius 1 is 1.00 bits per heavy atom. The summed E-state index contributed by atoms with van der Waals surface area (Å²) in [5.41, 5.74) is 5.45. The molecule has 7 heteroatoms. The summed E-state index contributed by atoms with van der Waals surface area (Å²) in [5, 5.41) is 10.3. The highest BCUT2D eigenvalue weighted by molar-refractivity contribution is 6.04. The minimum atomic E-state index is -0.480. The number of para-hydroxylation sites is 1. The number of nitrogens with one attached hydrogen (secondary N) is 3. The van der Waals surface area contributed by atoms with Crippen molar-refractivity contribution in [2.45, 2.75) is 0 Å². The van der Waals surface area contributed by atoms with E-state index in [0.717, 1.165) is 53.9 Å². The molecule has 5 rings (SSSR count). The molecule has 0 bridgehead atoms. The fourth-order valence-corrected chi connectivity index (χ4v) is 4.09. The number of anilines is 4. The number of carbonyl (C=O) groups is 1. The lowest BCUT2D eigenvalue weighted by molar-refractivity contribution is -0.111. The van der Waals surface area contributed by atoms with Gasteiger partial charge in [0.05, 0.1) is 5.52 Å². The Hall–Kier alpha value is -4.41. The van der Waals surface area contributed by atoms with Gasteiger partial charge in [-0.15, -0.1) is 6.42 Å². The summed E-state index contributed by atoms with van der Waals surface area (Å²) in [6.45, 7) is 4.03. The minimum Gasteiger partial charge on any atom is -0.369 e. The molecule has 7 nitrogen and oxygen atoms in total. The monoisotopic (exact) mass is 448 g/mol. The van der Waals surface area contributed by atoms with Crippen molar-refractivity contribution in [3.8, 4) is 23.5 Å². The number of benzene rings is 3. The van der Waals surface area contributed by atoms with E-state index in [2.05, 4.69) is 56.0 Å². The highest BCUT2D eigenvalue weighted by Crippen LogP contribution is 2.30. The van der Waals surface area contributed by atoms with Crippen molar-refractivity contribution in [3.63, 3.8) is 0 Å². The number of hydrogen-bond donors (Lipinski definition) is 3. The summed E-state index contributed by atoms with van der Waals surface area (Å²) in [6.07, 6.45) is 6.99. The normalized spacial score (nSPS) is 13.3. The predicted octanol–water partition coefficient (Wildman–Crippen LogP) is 4.02. The average Bonchev–Trinajstić information content (AvgIpc) is 2.89. The van der Waals surface area contributed by atoms with Gasteiger partial charge in [-0.1, -0.05) is 30.3 Å². The van der Waals surface area contributed by atoms with Crippen molar-refractivity contribution in [1.29, 1.82) is 0 Å². The lowest BCUT2D eigenvalue weighted by atomic mass is 10.0. The zero-order valence-electron chi connectivity index (χ0n) is 18.6. The van der Waals surface area contributed by atoms with Crippen molar-refractivity contribution >= 4 is 39.8 Å². The molecule has 1 aliphatic heterocycles. The molecule has 1 aliphatic rings. The van der Waals surface area contributed by atoms with Gasteiger partial charge in [0.2, 0.25) is 5.95 Å². The van der Waals surface area contributed by atoms with Crippen molar-refractivity contribution in [1.82, 2.24) is 15.3 Å². The zero-order valence-corrected chi connectivity index (χ0v) is 18.6. The lowest BCUT2D eigenvalue weighted by Crippen LogP contribution is -2.43. The first-order valence-corrected chi connectivity index (χ1v) is 11.2. The van der Waals surface area contributed by atoms with Gasteiger partial charge in [0.15, 0.2) is 0 Å². The Kier molecular flexibility index (Phi) is 6.06. The van der Waals surface area contributed by atoms with Gasteiger partial charge in [0, 0.05) is 60.4 Å². The number of rotatable bonds is 5. The molecule has 0 radical (unpaired) electrons. The number of piperazine rings is 1. The molecule has 1 aromatic heterocycles. The molecular formula is C27H24N6O. The highest BCUT2D eigenvalue weighted by Gasteiger charge is 2.11. The van der Waals surface area contributed by atoms with Crippen LogP contribution < -0.4 is 20.9 Å². The maximum atomic E-state index is 11.6. The molecule has 3 N–H and O–H groups in total. The second-order valence-corrected chi connectivity index (χ2v) is 8.03. The minimum absolute atomic E-state index is 0.480. The van der Waals surface area contributed by atoms with Gasteiger partial charge in [-0.2, -0.15) is 0 Å². The molecule has 1 saturated heterocycles. The van der Waals surface area contributed by atoms with Crippen LogP contribution in [0.2, 0.25) is 0 Å². The molecule has 0 saturated carbocycles. The van der Waals surface area contributed by atoms with Crippen LogP contribution >= 0.6 is 0 Å². The van der Waals surface area contributed by atoms with Gasteiger partial charge in [-0.05, 0) is 47.9 Å². The number of nitrogens with zero attached hydrogens (tertiary/aromatic N) is 3. The number of aromatic nitrogens is 2. The van der Waals surface area contributed by atoms with Crippen LogP contribution in [0, 0.1) is 12.3 Å². The summed E-state index contributed by atoms with van der Waals surface area (Å²) in [4.78, 5) is 23.3. The third-order valence-corrected chi connectivity index (χ3v) is 5.78. The first-order chi connectivity index (χ1) is 16.7. The largest absolute Gasteiger partial charge is 0.369 e. The van der Waals surface area contributed by atoms with Gasteiger partial charge < -0.3 is 20.9 Å². The van der Waals surface area contributed by atoms with Crippen LogP contribution in [0.25, 0.3) is 22.0 Å². The molecule has 0 atom stereocenters. The Morgan fingerprint density at radius 3 is 2.59 bits per heavy atom. The number of fused-ring (bicyclic) bond motifs is 1. The van der Waals surface area contributed by atoms with E-state index < -0.39 is 5.91 Å². The average molecular weight is 449 g/mol.